The van der Waals surface area contributed by atoms with Crippen LogP contribution in [0.25, 0.3) is 0 Å². The highest BCUT2D eigenvalue weighted by atomic mass is 16.7. The number of piperidine rings is 1. The van der Waals surface area contributed by atoms with Gasteiger partial charge in [0.15, 0.2) is 0 Å². The van der Waals surface area contributed by atoms with Crippen molar-refractivity contribution < 1.29 is 24.3 Å². The van der Waals surface area contributed by atoms with Crippen LogP contribution < -0.4 is 0 Å². The minimum atomic E-state index is -0.986. The van der Waals surface area contributed by atoms with Gasteiger partial charge in [-0.25, -0.2) is 0 Å². The Labute approximate surface area is 132 Å². The zero-order valence-corrected chi connectivity index (χ0v) is 14.3. The maximum absolute atomic E-state index is 11.8. The number of rotatable bonds is 7. The van der Waals surface area contributed by atoms with E-state index >= 15 is 0 Å². The van der Waals surface area contributed by atoms with Gasteiger partial charge >= 0.3 is 11.9 Å². The fourth-order valence-electron chi connectivity index (χ4n) is 3.24. The largest absolute Gasteiger partial charge is 0.481 e. The highest BCUT2D eigenvalue weighted by Gasteiger charge is 2.47. The third kappa shape index (κ3) is 5.25. The first kappa shape index (κ1) is 18.9. The van der Waals surface area contributed by atoms with E-state index in [1.165, 1.54) is 0 Å². The van der Waals surface area contributed by atoms with Crippen molar-refractivity contribution in [2.24, 2.45) is 0 Å². The van der Waals surface area contributed by atoms with E-state index in [2.05, 4.69) is 34.6 Å². The summed E-state index contributed by atoms with van der Waals surface area (Å²) in [6, 6.07) is 0. The third-order valence-corrected chi connectivity index (χ3v) is 3.82. The van der Waals surface area contributed by atoms with Crippen molar-refractivity contribution in [3.8, 4) is 0 Å². The van der Waals surface area contributed by atoms with Crippen molar-refractivity contribution in [2.45, 2.75) is 83.9 Å². The molecule has 0 spiro atoms. The van der Waals surface area contributed by atoms with E-state index in [1.807, 2.05) is 5.06 Å². The Hall–Kier alpha value is -1.14. The molecule has 0 radical (unpaired) electrons. The summed E-state index contributed by atoms with van der Waals surface area (Å²) >= 11 is 0. The molecule has 1 aliphatic rings. The molecular weight excluding hydrogens is 286 g/mol. The average Bonchev–Trinajstić information content (AvgIpc) is 2.33. The van der Waals surface area contributed by atoms with Crippen LogP contribution in [0, 0.1) is 0 Å². The monoisotopic (exact) mass is 315 g/mol. The number of esters is 1. The lowest BCUT2D eigenvalue weighted by atomic mass is 9.80. The maximum Gasteiger partial charge on any atom is 0.306 e. The fraction of sp³-hybridized carbons (Fsp3) is 0.875. The predicted octanol–water partition coefficient (Wildman–Crippen LogP) is 2.76. The Morgan fingerprint density at radius 3 is 2.14 bits per heavy atom. The topological polar surface area (TPSA) is 76.1 Å². The van der Waals surface area contributed by atoms with E-state index in [9.17, 15) is 9.59 Å². The minimum absolute atomic E-state index is 0.0806. The van der Waals surface area contributed by atoms with Crippen LogP contribution in [-0.2, 0) is 19.2 Å². The Morgan fingerprint density at radius 2 is 1.68 bits per heavy atom. The van der Waals surface area contributed by atoms with E-state index < -0.39 is 11.9 Å². The predicted molar refractivity (Wildman–Crippen MR) is 82.2 cm³/mol. The van der Waals surface area contributed by atoms with Crippen LogP contribution in [-0.4, -0.2) is 45.9 Å². The summed E-state index contributed by atoms with van der Waals surface area (Å²) in [4.78, 5) is 28.2. The van der Waals surface area contributed by atoms with Crippen LogP contribution in [0.1, 0.15) is 66.7 Å². The normalized spacial score (nSPS) is 21.5. The molecule has 0 unspecified atom stereocenters. The first-order valence-electron chi connectivity index (χ1n) is 7.93. The lowest BCUT2D eigenvalue weighted by Gasteiger charge is -2.53. The van der Waals surface area contributed by atoms with Crippen molar-refractivity contribution in [1.82, 2.24) is 5.06 Å². The SMILES string of the molecule is CCCON1C(C)(C)CC(OC(=O)CCC(=O)O)CC1(C)C. The van der Waals surface area contributed by atoms with Crippen molar-refractivity contribution in [2.75, 3.05) is 6.61 Å². The van der Waals surface area contributed by atoms with Gasteiger partial charge in [-0.2, -0.15) is 5.06 Å². The number of carbonyl (C=O) groups is 2. The van der Waals surface area contributed by atoms with Crippen LogP contribution in [0.5, 0.6) is 0 Å². The highest BCUT2D eigenvalue weighted by Crippen LogP contribution is 2.39. The molecule has 1 heterocycles. The number of ether oxygens (including phenoxy) is 1. The van der Waals surface area contributed by atoms with Gasteiger partial charge in [-0.05, 0) is 34.1 Å². The molecule has 128 valence electrons. The average molecular weight is 315 g/mol. The zero-order chi connectivity index (χ0) is 17.0. The molecule has 0 atom stereocenters. The second kappa shape index (κ2) is 7.42. The number of carbonyl (C=O) groups excluding carboxylic acids is 1. The summed E-state index contributed by atoms with van der Waals surface area (Å²) in [6.45, 7) is 11.0. The van der Waals surface area contributed by atoms with Gasteiger partial charge < -0.3 is 9.84 Å². The Balaban J connectivity index is 2.67. The highest BCUT2D eigenvalue weighted by molar-refractivity contribution is 5.76. The van der Waals surface area contributed by atoms with Crippen molar-refractivity contribution in [3.63, 3.8) is 0 Å². The zero-order valence-electron chi connectivity index (χ0n) is 14.3. The molecule has 0 bridgehead atoms. The standard InChI is InChI=1S/C16H29NO5/c1-6-9-21-17-15(2,3)10-12(11-16(17,4)5)22-14(20)8-7-13(18)19/h12H,6-11H2,1-5H3,(H,18,19). The lowest BCUT2D eigenvalue weighted by Crippen LogP contribution is -2.62. The van der Waals surface area contributed by atoms with Crippen molar-refractivity contribution in [3.05, 3.63) is 0 Å². The van der Waals surface area contributed by atoms with Gasteiger partial charge in [0.25, 0.3) is 0 Å². The molecule has 6 nitrogen and oxygen atoms in total. The van der Waals surface area contributed by atoms with E-state index in [1.54, 1.807) is 0 Å². The second-order valence-corrected chi connectivity index (χ2v) is 7.17. The second-order valence-electron chi connectivity index (χ2n) is 7.17. The molecule has 1 rings (SSSR count). The number of carboxylic acid groups (broad SMARTS) is 1. The van der Waals surface area contributed by atoms with Gasteiger partial charge in [0, 0.05) is 23.9 Å². The summed E-state index contributed by atoms with van der Waals surface area (Å²) < 4.78 is 5.48. The summed E-state index contributed by atoms with van der Waals surface area (Å²) in [7, 11) is 0. The number of hydrogen-bond acceptors (Lipinski definition) is 5. The van der Waals surface area contributed by atoms with E-state index in [0.29, 0.717) is 19.4 Å². The summed E-state index contributed by atoms with van der Waals surface area (Å²) in [6.07, 6.45) is 1.79. The van der Waals surface area contributed by atoms with Crippen LogP contribution in [0.4, 0.5) is 0 Å². The van der Waals surface area contributed by atoms with Gasteiger partial charge in [0.2, 0.25) is 0 Å². The molecule has 6 heteroatoms. The lowest BCUT2D eigenvalue weighted by molar-refractivity contribution is -0.293. The van der Waals surface area contributed by atoms with Gasteiger partial charge in [-0.3, -0.25) is 14.4 Å². The van der Waals surface area contributed by atoms with Crippen LogP contribution in [0.15, 0.2) is 0 Å². The van der Waals surface area contributed by atoms with Crippen LogP contribution in [0.2, 0.25) is 0 Å². The molecule has 1 saturated heterocycles. The molecule has 0 aromatic carbocycles. The number of aliphatic carboxylic acids is 1. The van der Waals surface area contributed by atoms with Gasteiger partial charge in [-0.15, -0.1) is 0 Å². The molecule has 0 aromatic heterocycles. The summed E-state index contributed by atoms with van der Waals surface area (Å²) in [5, 5.41) is 10.6. The van der Waals surface area contributed by atoms with Gasteiger partial charge in [-0.1, -0.05) is 6.92 Å². The summed E-state index contributed by atoms with van der Waals surface area (Å²) in [5.41, 5.74) is -0.511. The quantitative estimate of drug-likeness (QED) is 0.728. The number of carboxylic acids is 1. The van der Waals surface area contributed by atoms with Gasteiger partial charge in [0.05, 0.1) is 19.4 Å². The molecule has 0 aromatic rings. The van der Waals surface area contributed by atoms with Crippen LogP contribution >= 0.6 is 0 Å². The number of hydrogen-bond donors (Lipinski definition) is 1. The first-order valence-corrected chi connectivity index (χ1v) is 7.93. The smallest absolute Gasteiger partial charge is 0.306 e. The minimum Gasteiger partial charge on any atom is -0.481 e. The molecule has 0 amide bonds. The fourth-order valence-corrected chi connectivity index (χ4v) is 3.24. The Morgan fingerprint density at radius 1 is 1.14 bits per heavy atom. The third-order valence-electron chi connectivity index (χ3n) is 3.82. The maximum atomic E-state index is 11.8. The molecule has 0 aliphatic carbocycles. The number of nitrogens with zero attached hydrogens (tertiary/aromatic N) is 1. The van der Waals surface area contributed by atoms with Crippen molar-refractivity contribution >= 4 is 11.9 Å². The molecule has 1 N–H and O–H groups in total. The molecule has 1 fully saturated rings. The molecular formula is C16H29NO5. The van der Waals surface area contributed by atoms with E-state index in [4.69, 9.17) is 14.7 Å². The Kier molecular flexibility index (Phi) is 6.38. The van der Waals surface area contributed by atoms with Crippen LogP contribution in [0.3, 0.4) is 0 Å². The molecule has 22 heavy (non-hydrogen) atoms. The van der Waals surface area contributed by atoms with Crippen molar-refractivity contribution in [1.29, 1.82) is 0 Å². The number of hydroxylamine groups is 2. The Bertz CT molecular complexity index is 387. The summed E-state index contributed by atoms with van der Waals surface area (Å²) in [5.74, 6) is -1.43. The van der Waals surface area contributed by atoms with E-state index in [-0.39, 0.29) is 30.0 Å². The first-order chi connectivity index (χ1) is 10.1. The van der Waals surface area contributed by atoms with Gasteiger partial charge in [0.1, 0.15) is 6.10 Å². The van der Waals surface area contributed by atoms with E-state index in [0.717, 1.165) is 6.42 Å². The molecule has 0 saturated carbocycles. The molecule has 1 aliphatic heterocycles.